The molecule has 0 radical (unpaired) electrons. The summed E-state index contributed by atoms with van der Waals surface area (Å²) < 4.78 is 4.81. The number of hydrogen-bond donors (Lipinski definition) is 0. The van der Waals surface area contributed by atoms with Crippen LogP contribution in [0.15, 0.2) is 0 Å². The van der Waals surface area contributed by atoms with Crippen molar-refractivity contribution in [1.29, 1.82) is 0 Å². The molecule has 2 atom stereocenters. The van der Waals surface area contributed by atoms with E-state index in [9.17, 15) is 4.79 Å². The molecule has 3 heteroatoms. The lowest BCUT2D eigenvalue weighted by atomic mass is 10.1. The average molecular weight is 193 g/mol. The minimum Gasteiger partial charge on any atom is -0.460 e. The van der Waals surface area contributed by atoms with Crippen molar-refractivity contribution >= 4 is 21.9 Å². The normalized spacial score (nSPS) is 28.7. The first kappa shape index (κ1) is 7.06. The van der Waals surface area contributed by atoms with E-state index in [0.29, 0.717) is 11.2 Å². The van der Waals surface area contributed by atoms with Crippen LogP contribution in [-0.4, -0.2) is 16.9 Å². The zero-order valence-electron chi connectivity index (χ0n) is 5.26. The van der Waals surface area contributed by atoms with Gasteiger partial charge in [-0.05, 0) is 6.42 Å². The minimum absolute atomic E-state index is 0.0714. The van der Waals surface area contributed by atoms with Crippen LogP contribution in [0.2, 0.25) is 0 Å². The smallest absolute Gasteiger partial charge is 0.309 e. The molecule has 1 aliphatic rings. The van der Waals surface area contributed by atoms with Crippen molar-refractivity contribution in [1.82, 2.24) is 0 Å². The number of rotatable bonds is 2. The molecule has 0 aromatic carbocycles. The SMILES string of the molecule is CC[C@@H](Br)[C@@H]1CC(=O)O1. The molecule has 0 aromatic heterocycles. The Morgan fingerprint density at radius 2 is 2.56 bits per heavy atom. The predicted molar refractivity (Wildman–Crippen MR) is 37.5 cm³/mol. The van der Waals surface area contributed by atoms with E-state index in [1.807, 2.05) is 0 Å². The van der Waals surface area contributed by atoms with Gasteiger partial charge in [0.1, 0.15) is 6.10 Å². The molecule has 1 saturated heterocycles. The van der Waals surface area contributed by atoms with E-state index >= 15 is 0 Å². The van der Waals surface area contributed by atoms with Crippen LogP contribution >= 0.6 is 15.9 Å². The van der Waals surface area contributed by atoms with Crippen LogP contribution in [0.1, 0.15) is 19.8 Å². The molecule has 9 heavy (non-hydrogen) atoms. The van der Waals surface area contributed by atoms with Crippen LogP contribution in [-0.2, 0) is 9.53 Å². The molecule has 0 spiro atoms. The van der Waals surface area contributed by atoms with Gasteiger partial charge in [0, 0.05) is 0 Å². The highest BCUT2D eigenvalue weighted by atomic mass is 79.9. The van der Waals surface area contributed by atoms with E-state index in [1.54, 1.807) is 0 Å². The molecule has 2 nitrogen and oxygen atoms in total. The Kier molecular flexibility index (Phi) is 2.11. The van der Waals surface area contributed by atoms with E-state index in [0.717, 1.165) is 6.42 Å². The fourth-order valence-electron chi connectivity index (χ4n) is 0.788. The Morgan fingerprint density at radius 3 is 2.89 bits per heavy atom. The molecule has 1 heterocycles. The van der Waals surface area contributed by atoms with Gasteiger partial charge >= 0.3 is 5.97 Å². The second kappa shape index (κ2) is 2.69. The molecule has 0 bridgehead atoms. The molecule has 52 valence electrons. The van der Waals surface area contributed by atoms with Gasteiger partial charge in [-0.3, -0.25) is 4.79 Å². The summed E-state index contributed by atoms with van der Waals surface area (Å²) in [7, 11) is 0. The summed E-state index contributed by atoms with van der Waals surface area (Å²) in [5.74, 6) is -0.0714. The summed E-state index contributed by atoms with van der Waals surface area (Å²) >= 11 is 3.40. The van der Waals surface area contributed by atoms with Crippen LogP contribution < -0.4 is 0 Å². The molecule has 0 aromatic rings. The van der Waals surface area contributed by atoms with Gasteiger partial charge in [0.2, 0.25) is 0 Å². The molecular weight excluding hydrogens is 184 g/mol. The van der Waals surface area contributed by atoms with Crippen LogP contribution in [0.4, 0.5) is 0 Å². The number of carbonyl (C=O) groups excluding carboxylic acids is 1. The summed E-state index contributed by atoms with van der Waals surface area (Å²) in [4.78, 5) is 10.6. The first-order valence-corrected chi connectivity index (χ1v) is 3.99. The van der Waals surface area contributed by atoms with Gasteiger partial charge in [-0.2, -0.15) is 0 Å². The standard InChI is InChI=1S/C6H9BrO2/c1-2-4(7)5-3-6(8)9-5/h4-5H,2-3H2,1H3/t4-,5+/m1/s1. The maximum atomic E-state index is 10.3. The largest absolute Gasteiger partial charge is 0.460 e. The van der Waals surface area contributed by atoms with Gasteiger partial charge in [0.25, 0.3) is 0 Å². The second-order valence-electron chi connectivity index (χ2n) is 2.16. The first-order valence-electron chi connectivity index (χ1n) is 3.07. The Labute approximate surface area is 62.7 Å². The van der Waals surface area contributed by atoms with Gasteiger partial charge in [-0.15, -0.1) is 0 Å². The molecule has 1 fully saturated rings. The monoisotopic (exact) mass is 192 g/mol. The van der Waals surface area contributed by atoms with Crippen molar-refractivity contribution in [2.75, 3.05) is 0 Å². The zero-order valence-corrected chi connectivity index (χ0v) is 6.85. The predicted octanol–water partition coefficient (Wildman–Crippen LogP) is 1.48. The summed E-state index contributed by atoms with van der Waals surface area (Å²) in [6.45, 7) is 2.06. The van der Waals surface area contributed by atoms with Gasteiger partial charge in [-0.25, -0.2) is 0 Å². The molecular formula is C6H9BrO2. The lowest BCUT2D eigenvalue weighted by Gasteiger charge is -2.28. The Balaban J connectivity index is 2.23. The summed E-state index contributed by atoms with van der Waals surface area (Å²) in [6.07, 6.45) is 1.74. The first-order chi connectivity index (χ1) is 4.24. The number of carbonyl (C=O) groups is 1. The fraction of sp³-hybridized carbons (Fsp3) is 0.833. The molecule has 0 aliphatic carbocycles. The molecule has 1 aliphatic heterocycles. The number of alkyl halides is 1. The number of ether oxygens (including phenoxy) is 1. The number of esters is 1. The number of hydrogen-bond acceptors (Lipinski definition) is 2. The van der Waals surface area contributed by atoms with E-state index in [-0.39, 0.29) is 12.1 Å². The van der Waals surface area contributed by atoms with Crippen molar-refractivity contribution in [3.8, 4) is 0 Å². The lowest BCUT2D eigenvalue weighted by Crippen LogP contribution is -2.39. The lowest BCUT2D eigenvalue weighted by molar-refractivity contribution is -0.169. The molecule has 0 N–H and O–H groups in total. The Bertz CT molecular complexity index is 116. The highest BCUT2D eigenvalue weighted by Crippen LogP contribution is 2.23. The van der Waals surface area contributed by atoms with Crippen molar-refractivity contribution < 1.29 is 9.53 Å². The molecule has 0 amide bonds. The highest BCUT2D eigenvalue weighted by molar-refractivity contribution is 9.09. The minimum atomic E-state index is -0.0714. The maximum absolute atomic E-state index is 10.3. The van der Waals surface area contributed by atoms with E-state index in [1.165, 1.54) is 0 Å². The van der Waals surface area contributed by atoms with Crippen LogP contribution in [0.3, 0.4) is 0 Å². The summed E-state index contributed by atoms with van der Waals surface area (Å²) in [5, 5.41) is 0. The third-order valence-corrected chi connectivity index (χ3v) is 2.68. The van der Waals surface area contributed by atoms with Gasteiger partial charge in [0.15, 0.2) is 0 Å². The van der Waals surface area contributed by atoms with E-state index in [4.69, 9.17) is 4.74 Å². The van der Waals surface area contributed by atoms with Crippen molar-refractivity contribution in [3.05, 3.63) is 0 Å². The van der Waals surface area contributed by atoms with Gasteiger partial charge < -0.3 is 4.74 Å². The number of cyclic esters (lactones) is 1. The third kappa shape index (κ3) is 1.45. The molecule has 1 rings (SSSR count). The maximum Gasteiger partial charge on any atom is 0.309 e. The molecule has 0 unspecified atom stereocenters. The molecule has 0 saturated carbocycles. The van der Waals surface area contributed by atoms with Gasteiger partial charge in [0.05, 0.1) is 11.2 Å². The topological polar surface area (TPSA) is 26.3 Å². The quantitative estimate of drug-likeness (QED) is 0.490. The summed E-state index contributed by atoms with van der Waals surface area (Å²) in [6, 6.07) is 0. The van der Waals surface area contributed by atoms with Gasteiger partial charge in [-0.1, -0.05) is 22.9 Å². The van der Waals surface area contributed by atoms with Crippen molar-refractivity contribution in [2.24, 2.45) is 0 Å². The summed E-state index contributed by atoms with van der Waals surface area (Å²) in [5.41, 5.74) is 0. The van der Waals surface area contributed by atoms with Crippen LogP contribution in [0.25, 0.3) is 0 Å². The zero-order chi connectivity index (χ0) is 6.85. The second-order valence-corrected chi connectivity index (χ2v) is 3.33. The van der Waals surface area contributed by atoms with Crippen LogP contribution in [0.5, 0.6) is 0 Å². The van der Waals surface area contributed by atoms with E-state index < -0.39 is 0 Å². The number of halogens is 1. The third-order valence-electron chi connectivity index (χ3n) is 1.44. The van der Waals surface area contributed by atoms with Crippen LogP contribution in [0, 0.1) is 0 Å². The van der Waals surface area contributed by atoms with E-state index in [2.05, 4.69) is 22.9 Å². The van der Waals surface area contributed by atoms with Crippen molar-refractivity contribution in [3.63, 3.8) is 0 Å². The Morgan fingerprint density at radius 1 is 2.00 bits per heavy atom. The van der Waals surface area contributed by atoms with Crippen molar-refractivity contribution in [2.45, 2.75) is 30.7 Å². The average Bonchev–Trinajstić information content (AvgIpc) is 1.79. The highest BCUT2D eigenvalue weighted by Gasteiger charge is 2.33. The Hall–Kier alpha value is -0.0500. The fourth-order valence-corrected chi connectivity index (χ4v) is 1.08.